The lowest BCUT2D eigenvalue weighted by atomic mass is 9.33. The lowest BCUT2D eigenvalue weighted by Crippen LogP contribution is -2.66. The predicted molar refractivity (Wildman–Crippen MR) is 163 cm³/mol. The number of rotatable bonds is 3. The zero-order valence-electron chi connectivity index (χ0n) is 27.9. The fraction of sp³-hybridized carbons (Fsp3) is 0.861. The lowest BCUT2D eigenvalue weighted by molar-refractivity contribution is -0.232. The molecule has 4 fully saturated rings. The smallest absolute Gasteiger partial charge is 0.302 e. The van der Waals surface area contributed by atoms with Crippen molar-refractivity contribution < 1.29 is 19.1 Å². The molecule has 0 bridgehead atoms. The molecule has 5 rings (SSSR count). The van der Waals surface area contributed by atoms with Crippen LogP contribution in [-0.4, -0.2) is 29.3 Å². The number of carbonyl (C=O) groups excluding carboxylic acids is 3. The molecule has 5 heteroatoms. The number of allylic oxidation sites excluding steroid dienone is 1. The normalized spacial score (nSPS) is 43.6. The van der Waals surface area contributed by atoms with Gasteiger partial charge in [-0.25, -0.2) is 0 Å². The maximum absolute atomic E-state index is 14.2. The standard InChI is InChI=1S/C36H57NO4/c1-21(2)28-24(39)20-36(30(40)37-31(4,5)6)19-18-34(10)23(29(28)36)12-13-26-33(9)16-15-27(41-22(3)38)32(7,8)25(33)14-17-35(26,34)11/h21,23,25-27H,12-20H2,1-11H3,(H,37,40)/t23-,25+,26-,27+,33+,34-,35-,36-/m1/s1. The number of ketones is 1. The van der Waals surface area contributed by atoms with E-state index in [-0.39, 0.29) is 62.8 Å². The van der Waals surface area contributed by atoms with Gasteiger partial charge in [0.1, 0.15) is 6.10 Å². The van der Waals surface area contributed by atoms with Crippen molar-refractivity contribution in [3.05, 3.63) is 11.1 Å². The van der Waals surface area contributed by atoms with Gasteiger partial charge in [-0.05, 0) is 123 Å². The van der Waals surface area contributed by atoms with Crippen LogP contribution in [0.2, 0.25) is 0 Å². The van der Waals surface area contributed by atoms with Crippen LogP contribution in [0.1, 0.15) is 134 Å². The van der Waals surface area contributed by atoms with Crippen LogP contribution in [0.4, 0.5) is 0 Å². The fourth-order valence-corrected chi connectivity index (χ4v) is 11.7. The van der Waals surface area contributed by atoms with E-state index in [4.69, 9.17) is 4.74 Å². The van der Waals surface area contributed by atoms with E-state index in [0.29, 0.717) is 18.3 Å². The van der Waals surface area contributed by atoms with E-state index in [1.165, 1.54) is 5.57 Å². The Hall–Kier alpha value is -1.65. The van der Waals surface area contributed by atoms with Gasteiger partial charge in [-0.2, -0.15) is 0 Å². The number of carbonyl (C=O) groups is 3. The second-order valence-electron chi connectivity index (χ2n) is 17.4. The van der Waals surface area contributed by atoms with Gasteiger partial charge < -0.3 is 10.1 Å². The first-order valence-corrected chi connectivity index (χ1v) is 16.5. The van der Waals surface area contributed by atoms with Crippen LogP contribution in [0.25, 0.3) is 0 Å². The van der Waals surface area contributed by atoms with Crippen LogP contribution >= 0.6 is 0 Å². The Kier molecular flexibility index (Phi) is 7.08. The largest absolute Gasteiger partial charge is 0.462 e. The van der Waals surface area contributed by atoms with Gasteiger partial charge in [0.15, 0.2) is 5.78 Å². The van der Waals surface area contributed by atoms with Gasteiger partial charge in [0.05, 0.1) is 5.41 Å². The molecule has 4 saturated carbocycles. The summed E-state index contributed by atoms with van der Waals surface area (Å²) in [5.74, 6) is 1.57. The fourth-order valence-electron chi connectivity index (χ4n) is 11.7. The summed E-state index contributed by atoms with van der Waals surface area (Å²) in [5, 5.41) is 3.31. The minimum atomic E-state index is -0.692. The second kappa shape index (κ2) is 9.42. The average Bonchev–Trinajstić information content (AvgIpc) is 3.13. The highest BCUT2D eigenvalue weighted by Gasteiger charge is 2.71. The number of amides is 1. The Labute approximate surface area is 249 Å². The quantitative estimate of drug-likeness (QED) is 0.353. The van der Waals surface area contributed by atoms with Crippen LogP contribution in [0, 0.1) is 50.7 Å². The molecule has 5 nitrogen and oxygen atoms in total. The molecule has 0 unspecified atom stereocenters. The lowest BCUT2D eigenvalue weighted by Gasteiger charge is -2.72. The third kappa shape index (κ3) is 4.24. The summed E-state index contributed by atoms with van der Waals surface area (Å²) in [6.45, 7) is 24.3. The van der Waals surface area contributed by atoms with E-state index in [1.54, 1.807) is 6.92 Å². The summed E-state index contributed by atoms with van der Waals surface area (Å²) in [4.78, 5) is 39.9. The zero-order valence-corrected chi connectivity index (χ0v) is 27.9. The predicted octanol–water partition coefficient (Wildman–Crippen LogP) is 7.81. The van der Waals surface area contributed by atoms with Crippen LogP contribution < -0.4 is 5.32 Å². The van der Waals surface area contributed by atoms with Gasteiger partial charge in [-0.15, -0.1) is 0 Å². The maximum atomic E-state index is 14.2. The molecule has 0 saturated heterocycles. The van der Waals surface area contributed by atoms with Crippen molar-refractivity contribution in [2.24, 2.45) is 50.7 Å². The van der Waals surface area contributed by atoms with Gasteiger partial charge in [0.25, 0.3) is 0 Å². The first-order chi connectivity index (χ1) is 18.7. The average molecular weight is 568 g/mol. The maximum Gasteiger partial charge on any atom is 0.302 e. The number of nitrogens with one attached hydrogen (secondary N) is 1. The minimum Gasteiger partial charge on any atom is -0.462 e. The van der Waals surface area contributed by atoms with Crippen molar-refractivity contribution in [3.8, 4) is 0 Å². The van der Waals surface area contributed by atoms with E-state index in [1.807, 2.05) is 20.8 Å². The molecule has 8 atom stereocenters. The Morgan fingerprint density at radius 2 is 1.54 bits per heavy atom. The summed E-state index contributed by atoms with van der Waals surface area (Å²) in [7, 11) is 0. The Morgan fingerprint density at radius 3 is 2.12 bits per heavy atom. The van der Waals surface area contributed by atoms with Crippen LogP contribution in [0.5, 0.6) is 0 Å². The molecular weight excluding hydrogens is 510 g/mol. The van der Waals surface area contributed by atoms with E-state index in [9.17, 15) is 14.4 Å². The number of Topliss-reactive ketones (excluding diaryl/α,β-unsaturated/α-hetero) is 1. The first-order valence-electron chi connectivity index (χ1n) is 16.5. The van der Waals surface area contributed by atoms with E-state index < -0.39 is 5.41 Å². The highest BCUT2D eigenvalue weighted by molar-refractivity contribution is 6.07. The van der Waals surface area contributed by atoms with Gasteiger partial charge in [0.2, 0.25) is 5.91 Å². The van der Waals surface area contributed by atoms with Gasteiger partial charge in [0, 0.05) is 24.3 Å². The van der Waals surface area contributed by atoms with Crippen LogP contribution in [0.15, 0.2) is 11.1 Å². The summed E-state index contributed by atoms with van der Waals surface area (Å²) in [6.07, 6.45) is 8.59. The highest BCUT2D eigenvalue weighted by atomic mass is 16.5. The molecular formula is C36H57NO4. The molecule has 0 aromatic heterocycles. The molecule has 230 valence electrons. The van der Waals surface area contributed by atoms with Crippen molar-refractivity contribution in [2.45, 2.75) is 146 Å². The van der Waals surface area contributed by atoms with E-state index in [2.05, 4.69) is 53.8 Å². The van der Waals surface area contributed by atoms with Crippen LogP contribution in [0.3, 0.4) is 0 Å². The number of hydrogen-bond acceptors (Lipinski definition) is 4. The topological polar surface area (TPSA) is 72.5 Å². The Balaban J connectivity index is 1.56. The molecule has 1 N–H and O–H groups in total. The van der Waals surface area contributed by atoms with Crippen molar-refractivity contribution in [1.82, 2.24) is 5.32 Å². The SMILES string of the molecule is CC(=O)O[C@H]1CC[C@]2(C)[C@H]3CC[C@@H]4C5=C(C(C)C)C(=O)C[C@]5(C(=O)NC(C)(C)C)CC[C@@]4(C)[C@]3(C)CC[C@H]2C1(C)C. The summed E-state index contributed by atoms with van der Waals surface area (Å²) in [5.41, 5.74) is 1.44. The molecule has 41 heavy (non-hydrogen) atoms. The molecule has 0 heterocycles. The van der Waals surface area contributed by atoms with Crippen molar-refractivity contribution in [2.75, 3.05) is 0 Å². The number of hydrogen-bond donors (Lipinski definition) is 1. The molecule has 1 amide bonds. The molecule has 0 aromatic rings. The zero-order chi connectivity index (χ0) is 30.6. The number of fused-ring (bicyclic) bond motifs is 7. The van der Waals surface area contributed by atoms with Crippen molar-refractivity contribution >= 4 is 17.7 Å². The van der Waals surface area contributed by atoms with Crippen molar-refractivity contribution in [3.63, 3.8) is 0 Å². The monoisotopic (exact) mass is 567 g/mol. The van der Waals surface area contributed by atoms with Gasteiger partial charge >= 0.3 is 5.97 Å². The van der Waals surface area contributed by atoms with Crippen LogP contribution in [-0.2, 0) is 19.1 Å². The molecule has 0 aromatic carbocycles. The van der Waals surface area contributed by atoms with E-state index >= 15 is 0 Å². The third-order valence-corrected chi connectivity index (χ3v) is 13.6. The molecule has 0 radical (unpaired) electrons. The second-order valence-corrected chi connectivity index (χ2v) is 17.4. The summed E-state index contributed by atoms with van der Waals surface area (Å²) in [6, 6.07) is 0. The third-order valence-electron chi connectivity index (χ3n) is 13.6. The number of esters is 1. The van der Waals surface area contributed by atoms with Crippen molar-refractivity contribution in [1.29, 1.82) is 0 Å². The summed E-state index contributed by atoms with van der Waals surface area (Å²) < 4.78 is 5.91. The van der Waals surface area contributed by atoms with Gasteiger partial charge in [-0.1, -0.05) is 48.5 Å². The molecule has 0 aliphatic heterocycles. The first kappa shape index (κ1) is 30.8. The molecule has 5 aliphatic carbocycles. The molecule has 5 aliphatic rings. The Bertz CT molecular complexity index is 1170. The summed E-state index contributed by atoms with van der Waals surface area (Å²) >= 11 is 0. The number of ether oxygens (including phenoxy) is 1. The molecule has 0 spiro atoms. The minimum absolute atomic E-state index is 0.0192. The Morgan fingerprint density at radius 1 is 0.878 bits per heavy atom. The highest BCUT2D eigenvalue weighted by Crippen LogP contribution is 2.76. The van der Waals surface area contributed by atoms with E-state index in [0.717, 1.165) is 56.9 Å². The van der Waals surface area contributed by atoms with Gasteiger partial charge in [-0.3, -0.25) is 14.4 Å².